The van der Waals surface area contributed by atoms with Crippen LogP contribution >= 0.6 is 0 Å². The number of benzene rings is 1. The third-order valence-corrected chi connectivity index (χ3v) is 2.87. The highest BCUT2D eigenvalue weighted by molar-refractivity contribution is 5.29. The standard InChI is InChI=1S/C14H17N3O/c1-10-12(8-15)9-16-14(17-10)7-11-3-5-13(18-2)6-4-11/h3-6,9H,7-8,15H2,1-2H3. The van der Waals surface area contributed by atoms with Gasteiger partial charge in [-0.3, -0.25) is 0 Å². The molecule has 0 saturated heterocycles. The maximum Gasteiger partial charge on any atom is 0.132 e. The summed E-state index contributed by atoms with van der Waals surface area (Å²) in [6.45, 7) is 2.44. The molecule has 2 rings (SSSR count). The number of nitrogens with zero attached hydrogens (tertiary/aromatic N) is 2. The second-order valence-corrected chi connectivity index (χ2v) is 4.13. The molecule has 0 aliphatic heterocycles. The van der Waals surface area contributed by atoms with Gasteiger partial charge in [0.15, 0.2) is 0 Å². The Morgan fingerprint density at radius 2 is 1.94 bits per heavy atom. The normalized spacial score (nSPS) is 10.4. The molecule has 0 amide bonds. The smallest absolute Gasteiger partial charge is 0.132 e. The molecule has 0 bridgehead atoms. The molecule has 0 aliphatic rings. The molecular weight excluding hydrogens is 226 g/mol. The number of methoxy groups -OCH3 is 1. The quantitative estimate of drug-likeness (QED) is 0.890. The first-order valence-electron chi connectivity index (χ1n) is 5.87. The van der Waals surface area contributed by atoms with Gasteiger partial charge in [-0.1, -0.05) is 12.1 Å². The van der Waals surface area contributed by atoms with Gasteiger partial charge in [0.2, 0.25) is 0 Å². The predicted octanol–water partition coefficient (Wildman–Crippen LogP) is 1.84. The van der Waals surface area contributed by atoms with Crippen molar-refractivity contribution in [1.82, 2.24) is 9.97 Å². The van der Waals surface area contributed by atoms with Crippen molar-refractivity contribution in [1.29, 1.82) is 0 Å². The third-order valence-electron chi connectivity index (χ3n) is 2.87. The predicted molar refractivity (Wildman–Crippen MR) is 70.5 cm³/mol. The van der Waals surface area contributed by atoms with Gasteiger partial charge in [0, 0.05) is 30.4 Å². The number of hydrogen-bond acceptors (Lipinski definition) is 4. The molecule has 1 aromatic heterocycles. The Bertz CT molecular complexity index is 523. The van der Waals surface area contributed by atoms with E-state index in [0.717, 1.165) is 34.8 Å². The van der Waals surface area contributed by atoms with Crippen molar-refractivity contribution in [3.63, 3.8) is 0 Å². The average molecular weight is 243 g/mol. The van der Waals surface area contributed by atoms with Crippen LogP contribution in [0, 0.1) is 6.92 Å². The van der Waals surface area contributed by atoms with Gasteiger partial charge in [0.05, 0.1) is 7.11 Å². The van der Waals surface area contributed by atoms with Crippen LogP contribution in [0.3, 0.4) is 0 Å². The van der Waals surface area contributed by atoms with E-state index in [9.17, 15) is 0 Å². The molecule has 1 heterocycles. The summed E-state index contributed by atoms with van der Waals surface area (Å²) in [6.07, 6.45) is 2.52. The van der Waals surface area contributed by atoms with E-state index in [1.807, 2.05) is 31.2 Å². The zero-order valence-corrected chi connectivity index (χ0v) is 10.7. The Hall–Kier alpha value is -1.94. The lowest BCUT2D eigenvalue weighted by atomic mass is 10.1. The van der Waals surface area contributed by atoms with Crippen molar-refractivity contribution in [2.75, 3.05) is 7.11 Å². The van der Waals surface area contributed by atoms with E-state index in [4.69, 9.17) is 10.5 Å². The fraction of sp³-hybridized carbons (Fsp3) is 0.286. The van der Waals surface area contributed by atoms with Crippen molar-refractivity contribution in [2.45, 2.75) is 19.9 Å². The summed E-state index contributed by atoms with van der Waals surface area (Å²) >= 11 is 0. The summed E-state index contributed by atoms with van der Waals surface area (Å²) in [4.78, 5) is 8.79. The molecule has 0 spiro atoms. The summed E-state index contributed by atoms with van der Waals surface area (Å²) in [5, 5.41) is 0. The molecule has 4 nitrogen and oxygen atoms in total. The first kappa shape index (κ1) is 12.5. The van der Waals surface area contributed by atoms with Gasteiger partial charge >= 0.3 is 0 Å². The lowest BCUT2D eigenvalue weighted by Crippen LogP contribution is -2.05. The number of aromatic nitrogens is 2. The molecule has 2 N–H and O–H groups in total. The first-order valence-corrected chi connectivity index (χ1v) is 5.87. The lowest BCUT2D eigenvalue weighted by Gasteiger charge is -2.06. The van der Waals surface area contributed by atoms with Gasteiger partial charge in [-0.05, 0) is 24.6 Å². The molecule has 4 heteroatoms. The van der Waals surface area contributed by atoms with Crippen molar-refractivity contribution >= 4 is 0 Å². The van der Waals surface area contributed by atoms with Crippen LogP contribution < -0.4 is 10.5 Å². The van der Waals surface area contributed by atoms with Crippen LogP contribution in [0.5, 0.6) is 5.75 Å². The molecule has 18 heavy (non-hydrogen) atoms. The number of ether oxygens (including phenoxy) is 1. The molecule has 0 radical (unpaired) electrons. The minimum Gasteiger partial charge on any atom is -0.497 e. The SMILES string of the molecule is COc1ccc(Cc2ncc(CN)c(C)n2)cc1. The molecule has 1 aromatic carbocycles. The third kappa shape index (κ3) is 2.84. The molecule has 2 aromatic rings. The Labute approximate surface area is 107 Å². The highest BCUT2D eigenvalue weighted by Crippen LogP contribution is 2.13. The van der Waals surface area contributed by atoms with Crippen molar-refractivity contribution in [3.8, 4) is 5.75 Å². The maximum atomic E-state index is 5.59. The lowest BCUT2D eigenvalue weighted by molar-refractivity contribution is 0.414. The van der Waals surface area contributed by atoms with Crippen LogP contribution in [0.25, 0.3) is 0 Å². The first-order chi connectivity index (χ1) is 8.72. The molecule has 94 valence electrons. The molecule has 0 unspecified atom stereocenters. The van der Waals surface area contributed by atoms with Crippen LogP contribution in [0.15, 0.2) is 30.5 Å². The van der Waals surface area contributed by atoms with Crippen molar-refractivity contribution in [2.24, 2.45) is 5.73 Å². The van der Waals surface area contributed by atoms with E-state index >= 15 is 0 Å². The number of aryl methyl sites for hydroxylation is 1. The molecule has 0 aliphatic carbocycles. The second kappa shape index (κ2) is 5.60. The highest BCUT2D eigenvalue weighted by Gasteiger charge is 2.03. The van der Waals surface area contributed by atoms with E-state index < -0.39 is 0 Å². The summed E-state index contributed by atoms with van der Waals surface area (Å²) in [5.74, 6) is 1.67. The van der Waals surface area contributed by atoms with E-state index in [0.29, 0.717) is 6.54 Å². The van der Waals surface area contributed by atoms with Gasteiger partial charge in [-0.15, -0.1) is 0 Å². The minimum atomic E-state index is 0.481. The maximum absolute atomic E-state index is 5.59. The van der Waals surface area contributed by atoms with E-state index in [-0.39, 0.29) is 0 Å². The van der Waals surface area contributed by atoms with Crippen molar-refractivity contribution in [3.05, 3.63) is 53.1 Å². The fourth-order valence-electron chi connectivity index (χ4n) is 1.75. The van der Waals surface area contributed by atoms with E-state index in [1.54, 1.807) is 13.3 Å². The molecule has 0 saturated carbocycles. The largest absolute Gasteiger partial charge is 0.497 e. The Kier molecular flexibility index (Phi) is 3.89. The number of nitrogens with two attached hydrogens (primary N) is 1. The average Bonchev–Trinajstić information content (AvgIpc) is 2.40. The Balaban J connectivity index is 2.15. The molecule has 0 atom stereocenters. The molecule has 0 fully saturated rings. The van der Waals surface area contributed by atoms with E-state index in [2.05, 4.69) is 9.97 Å². The fourth-order valence-corrected chi connectivity index (χ4v) is 1.75. The Morgan fingerprint density at radius 1 is 1.22 bits per heavy atom. The van der Waals surface area contributed by atoms with Crippen LogP contribution in [0.1, 0.15) is 22.6 Å². The van der Waals surface area contributed by atoms with Crippen LogP contribution in [0.4, 0.5) is 0 Å². The van der Waals surface area contributed by atoms with Gasteiger partial charge in [0.1, 0.15) is 11.6 Å². The molecular formula is C14H17N3O. The zero-order valence-electron chi connectivity index (χ0n) is 10.7. The summed E-state index contributed by atoms with van der Waals surface area (Å²) < 4.78 is 5.12. The number of rotatable bonds is 4. The van der Waals surface area contributed by atoms with E-state index in [1.165, 1.54) is 0 Å². The minimum absolute atomic E-state index is 0.481. The summed E-state index contributed by atoms with van der Waals surface area (Å²) in [7, 11) is 1.66. The zero-order chi connectivity index (χ0) is 13.0. The monoisotopic (exact) mass is 243 g/mol. The van der Waals surface area contributed by atoms with Gasteiger partial charge in [-0.2, -0.15) is 0 Å². The van der Waals surface area contributed by atoms with Crippen LogP contribution in [-0.4, -0.2) is 17.1 Å². The van der Waals surface area contributed by atoms with Crippen molar-refractivity contribution < 1.29 is 4.74 Å². The number of hydrogen-bond donors (Lipinski definition) is 1. The highest BCUT2D eigenvalue weighted by atomic mass is 16.5. The summed E-state index contributed by atoms with van der Waals surface area (Å²) in [5.41, 5.74) is 8.70. The summed E-state index contributed by atoms with van der Waals surface area (Å²) in [6, 6.07) is 7.93. The van der Waals surface area contributed by atoms with Gasteiger partial charge < -0.3 is 10.5 Å². The van der Waals surface area contributed by atoms with Crippen LogP contribution in [-0.2, 0) is 13.0 Å². The topological polar surface area (TPSA) is 61.0 Å². The second-order valence-electron chi connectivity index (χ2n) is 4.13. The Morgan fingerprint density at radius 3 is 2.50 bits per heavy atom. The van der Waals surface area contributed by atoms with Crippen LogP contribution in [0.2, 0.25) is 0 Å². The van der Waals surface area contributed by atoms with Gasteiger partial charge in [-0.25, -0.2) is 9.97 Å². The van der Waals surface area contributed by atoms with Gasteiger partial charge in [0.25, 0.3) is 0 Å².